The molecule has 0 aliphatic heterocycles. The van der Waals surface area contributed by atoms with Crippen molar-refractivity contribution in [2.24, 2.45) is 11.7 Å². The van der Waals surface area contributed by atoms with E-state index in [1.807, 2.05) is 13.8 Å². The normalized spacial score (nSPS) is 13.1. The van der Waals surface area contributed by atoms with Gasteiger partial charge in [0.15, 0.2) is 5.78 Å². The highest BCUT2D eigenvalue weighted by Crippen LogP contribution is 2.36. The fourth-order valence-electron chi connectivity index (χ4n) is 3.75. The van der Waals surface area contributed by atoms with Gasteiger partial charge in [-0.05, 0) is 42.5 Å². The van der Waals surface area contributed by atoms with Crippen LogP contribution in [0.4, 0.5) is 13.2 Å². The number of Topliss-reactive ketones (excluding diaryl/α,β-unsaturated/α-hetero) is 1. The molecule has 0 bridgehead atoms. The Morgan fingerprint density at radius 2 is 1.61 bits per heavy atom. The van der Waals surface area contributed by atoms with Crippen LogP contribution < -0.4 is 16.4 Å². The van der Waals surface area contributed by atoms with E-state index in [-0.39, 0.29) is 52.2 Å². The van der Waals surface area contributed by atoms with E-state index in [0.29, 0.717) is 5.56 Å². The van der Waals surface area contributed by atoms with Crippen molar-refractivity contribution >= 4 is 34.9 Å². The summed E-state index contributed by atoms with van der Waals surface area (Å²) in [5, 5.41) is 5.27. The summed E-state index contributed by atoms with van der Waals surface area (Å²) < 4.78 is 43.7. The summed E-state index contributed by atoms with van der Waals surface area (Å²) in [6, 6.07) is 3.59. The summed E-state index contributed by atoms with van der Waals surface area (Å²) in [6.07, 6.45) is -4.26. The molecule has 1 unspecified atom stereocenters. The number of rotatable bonds is 11. The minimum atomic E-state index is -4.52. The number of alkyl halides is 3. The topological polar surface area (TPSA) is 128 Å². The predicted molar refractivity (Wildman–Crippen MR) is 137 cm³/mol. The second kappa shape index (κ2) is 13.0. The summed E-state index contributed by atoms with van der Waals surface area (Å²) in [4.78, 5) is 51.1. The zero-order valence-corrected chi connectivity index (χ0v) is 22.6. The molecule has 1 aromatic heterocycles. The molecule has 208 valence electrons. The van der Waals surface area contributed by atoms with E-state index in [1.165, 1.54) is 19.1 Å². The maximum absolute atomic E-state index is 13.5. The van der Waals surface area contributed by atoms with Gasteiger partial charge in [0.2, 0.25) is 5.91 Å². The summed E-state index contributed by atoms with van der Waals surface area (Å²) >= 11 is 0.815. The first-order valence-corrected chi connectivity index (χ1v) is 12.8. The van der Waals surface area contributed by atoms with E-state index >= 15 is 0 Å². The van der Waals surface area contributed by atoms with Crippen LogP contribution in [-0.2, 0) is 15.7 Å². The molecule has 4 N–H and O–H groups in total. The third kappa shape index (κ3) is 7.19. The minimum absolute atomic E-state index is 0.0116. The lowest BCUT2D eigenvalue weighted by atomic mass is 9.89. The Bertz CT molecular complexity index is 1180. The lowest BCUT2D eigenvalue weighted by molar-refractivity contribution is -0.137. The maximum Gasteiger partial charge on any atom is 0.416 e. The number of esters is 1. The van der Waals surface area contributed by atoms with Crippen molar-refractivity contribution in [3.05, 3.63) is 56.3 Å². The Balaban J connectivity index is 2.28. The number of carbonyl (C=O) groups excluding carboxylic acids is 4. The second-order valence-electron chi connectivity index (χ2n) is 9.01. The van der Waals surface area contributed by atoms with Gasteiger partial charge in [0.25, 0.3) is 5.91 Å². The van der Waals surface area contributed by atoms with E-state index in [0.717, 1.165) is 30.6 Å². The SMILES string of the molecule is CCC(C(=O)c1sc(C(=O)NCCNC(=O)[C@@H](N)C(C)C)c(C)c1C(=O)OC)c1ccc(C(F)(F)F)cc1. The monoisotopic (exact) mass is 555 g/mol. The van der Waals surface area contributed by atoms with Crippen LogP contribution in [0.3, 0.4) is 0 Å². The molecule has 0 saturated carbocycles. The molecule has 0 aliphatic carbocycles. The first kappa shape index (κ1) is 31.0. The number of nitrogens with one attached hydrogen (secondary N) is 2. The molecule has 0 radical (unpaired) electrons. The largest absolute Gasteiger partial charge is 0.465 e. The van der Waals surface area contributed by atoms with Crippen molar-refractivity contribution in [3.63, 3.8) is 0 Å². The van der Waals surface area contributed by atoms with Crippen molar-refractivity contribution in [2.45, 2.75) is 52.3 Å². The summed E-state index contributed by atoms with van der Waals surface area (Å²) in [7, 11) is 1.14. The average molecular weight is 556 g/mol. The zero-order chi connectivity index (χ0) is 28.8. The molecule has 1 heterocycles. The van der Waals surface area contributed by atoms with Crippen LogP contribution in [0.15, 0.2) is 24.3 Å². The Morgan fingerprint density at radius 3 is 2.11 bits per heavy atom. The van der Waals surface area contributed by atoms with Crippen LogP contribution >= 0.6 is 11.3 Å². The molecule has 8 nitrogen and oxygen atoms in total. The lowest BCUT2D eigenvalue weighted by Crippen LogP contribution is -2.46. The highest BCUT2D eigenvalue weighted by molar-refractivity contribution is 7.16. The molecular formula is C26H32F3N3O5S. The number of amides is 2. The van der Waals surface area contributed by atoms with Crippen LogP contribution in [0.2, 0.25) is 0 Å². The van der Waals surface area contributed by atoms with Gasteiger partial charge >= 0.3 is 12.1 Å². The fraction of sp³-hybridized carbons (Fsp3) is 0.462. The number of methoxy groups -OCH3 is 1. The first-order chi connectivity index (χ1) is 17.7. The van der Waals surface area contributed by atoms with Crippen LogP contribution in [0.1, 0.15) is 79.5 Å². The number of ketones is 1. The molecule has 0 saturated heterocycles. The van der Waals surface area contributed by atoms with Gasteiger partial charge in [-0.15, -0.1) is 11.3 Å². The van der Waals surface area contributed by atoms with E-state index in [2.05, 4.69) is 10.6 Å². The average Bonchev–Trinajstić information content (AvgIpc) is 3.22. The highest BCUT2D eigenvalue weighted by Gasteiger charge is 2.34. The van der Waals surface area contributed by atoms with Crippen molar-refractivity contribution in [3.8, 4) is 0 Å². The summed E-state index contributed by atoms with van der Waals surface area (Å²) in [5.41, 5.74) is 5.48. The Hall–Kier alpha value is -3.25. The van der Waals surface area contributed by atoms with Gasteiger partial charge in [-0.2, -0.15) is 13.2 Å². The Kier molecular flexibility index (Phi) is 10.6. The molecule has 0 fully saturated rings. The van der Waals surface area contributed by atoms with Crippen LogP contribution in [-0.4, -0.2) is 49.8 Å². The molecule has 2 atom stereocenters. The minimum Gasteiger partial charge on any atom is -0.465 e. The van der Waals surface area contributed by atoms with Crippen LogP contribution in [0.5, 0.6) is 0 Å². The number of hydrogen-bond donors (Lipinski definition) is 3. The van der Waals surface area contributed by atoms with Crippen molar-refractivity contribution < 1.29 is 37.1 Å². The van der Waals surface area contributed by atoms with E-state index < -0.39 is 41.4 Å². The molecule has 2 amide bonds. The summed E-state index contributed by atoms with van der Waals surface area (Å²) in [6.45, 7) is 7.03. The van der Waals surface area contributed by atoms with E-state index in [4.69, 9.17) is 10.5 Å². The molecular weight excluding hydrogens is 523 g/mol. The fourth-order valence-corrected chi connectivity index (χ4v) is 4.95. The van der Waals surface area contributed by atoms with Crippen molar-refractivity contribution in [1.29, 1.82) is 0 Å². The highest BCUT2D eigenvalue weighted by atomic mass is 32.1. The Labute approximate surface area is 223 Å². The number of thiophene rings is 1. The van der Waals surface area contributed by atoms with E-state index in [9.17, 15) is 32.3 Å². The smallest absolute Gasteiger partial charge is 0.416 e. The second-order valence-corrected chi connectivity index (χ2v) is 10.0. The van der Waals surface area contributed by atoms with Gasteiger partial charge in [-0.1, -0.05) is 32.9 Å². The lowest BCUT2D eigenvalue weighted by Gasteiger charge is -2.15. The number of hydrogen-bond acceptors (Lipinski definition) is 7. The molecule has 1 aromatic carbocycles. The molecule has 2 rings (SSSR count). The summed E-state index contributed by atoms with van der Waals surface area (Å²) in [5.74, 6) is -3.11. The van der Waals surface area contributed by atoms with Crippen molar-refractivity contribution in [2.75, 3.05) is 20.2 Å². The van der Waals surface area contributed by atoms with Crippen molar-refractivity contribution in [1.82, 2.24) is 10.6 Å². The number of ether oxygens (including phenoxy) is 1. The number of halogens is 3. The van der Waals surface area contributed by atoms with Crippen LogP contribution in [0.25, 0.3) is 0 Å². The third-order valence-electron chi connectivity index (χ3n) is 6.06. The predicted octanol–water partition coefficient (Wildman–Crippen LogP) is 4.07. The van der Waals surface area contributed by atoms with Gasteiger partial charge < -0.3 is 21.1 Å². The van der Waals surface area contributed by atoms with E-state index in [1.54, 1.807) is 6.92 Å². The maximum atomic E-state index is 13.5. The molecule has 38 heavy (non-hydrogen) atoms. The molecule has 12 heteroatoms. The third-order valence-corrected chi connectivity index (χ3v) is 7.37. The molecule has 0 spiro atoms. The van der Waals surface area contributed by atoms with Gasteiger partial charge in [0, 0.05) is 19.0 Å². The molecule has 2 aromatic rings. The Morgan fingerprint density at radius 1 is 1.03 bits per heavy atom. The molecule has 0 aliphatic rings. The van der Waals surface area contributed by atoms with Crippen LogP contribution in [0, 0.1) is 12.8 Å². The standard InChI is InChI=1S/C26H32F3N3O5S/c1-6-17(15-7-9-16(10-8-15)26(27,28)29)20(33)22-18(25(36)37-5)14(4)21(38-22)24(35)32-12-11-31-23(34)19(30)13(2)3/h7-10,13,17,19H,6,11-12,30H2,1-5H3,(H,31,34)(H,32,35)/t17?,19-/m0/s1. The van der Waals surface area contributed by atoms with Gasteiger partial charge in [-0.3, -0.25) is 14.4 Å². The van der Waals surface area contributed by atoms with Gasteiger partial charge in [0.1, 0.15) is 0 Å². The number of nitrogens with two attached hydrogens (primary N) is 1. The first-order valence-electron chi connectivity index (χ1n) is 12.0. The van der Waals surface area contributed by atoms with Gasteiger partial charge in [0.05, 0.1) is 34.0 Å². The number of benzene rings is 1. The number of carbonyl (C=O) groups is 4. The zero-order valence-electron chi connectivity index (χ0n) is 21.8. The van der Waals surface area contributed by atoms with Gasteiger partial charge in [-0.25, -0.2) is 4.79 Å². The quantitative estimate of drug-likeness (QED) is 0.218.